The molecule has 1 unspecified atom stereocenters. The number of halogens is 1. The van der Waals surface area contributed by atoms with E-state index in [0.29, 0.717) is 12.2 Å². The maximum atomic E-state index is 13.9. The highest BCUT2D eigenvalue weighted by Crippen LogP contribution is 2.33. The molecule has 0 aliphatic carbocycles. The number of rotatable bonds is 4. The third-order valence-electron chi connectivity index (χ3n) is 5.68. The molecule has 7 heteroatoms. The molecule has 6 nitrogen and oxygen atoms in total. The van der Waals surface area contributed by atoms with Gasteiger partial charge in [0.2, 0.25) is 5.91 Å². The second kappa shape index (κ2) is 7.85. The molecular weight excluding hydrogens is 395 g/mol. The lowest BCUT2D eigenvalue weighted by atomic mass is 9.95. The van der Waals surface area contributed by atoms with Crippen molar-refractivity contribution in [2.45, 2.75) is 12.5 Å². The zero-order chi connectivity index (χ0) is 21.4. The molecule has 0 bridgehead atoms. The summed E-state index contributed by atoms with van der Waals surface area (Å²) in [7, 11) is 0. The number of nitrogens with one attached hydrogen (secondary N) is 2. The quantitative estimate of drug-likeness (QED) is 0.470. The topological polar surface area (TPSA) is 81.2 Å². The number of amides is 1. The zero-order valence-corrected chi connectivity index (χ0v) is 16.7. The molecule has 0 saturated heterocycles. The van der Waals surface area contributed by atoms with Gasteiger partial charge < -0.3 is 15.4 Å². The number of phenolic OH excluding ortho intramolecular Hbond substituents is 1. The first-order valence-corrected chi connectivity index (χ1v) is 10.1. The smallest absolute Gasteiger partial charge is 0.238 e. The van der Waals surface area contributed by atoms with Crippen LogP contribution in [-0.2, 0) is 11.2 Å². The van der Waals surface area contributed by atoms with Crippen molar-refractivity contribution in [1.82, 2.24) is 14.9 Å². The first-order valence-electron chi connectivity index (χ1n) is 10.1. The van der Waals surface area contributed by atoms with Crippen LogP contribution in [0.25, 0.3) is 10.8 Å². The van der Waals surface area contributed by atoms with Crippen LogP contribution in [-0.4, -0.2) is 39.0 Å². The molecule has 1 aliphatic rings. The number of carbonyl (C=O) groups excluding carboxylic acids is 1. The third kappa shape index (κ3) is 3.75. The average molecular weight is 416 g/mol. The SMILES string of the molecule is O=C(CN1CCc2[nH]cnc2C1c1cccc(F)c1)Nc1cccc2ccc(O)cc12. The van der Waals surface area contributed by atoms with E-state index in [9.17, 15) is 14.3 Å². The normalized spacial score (nSPS) is 16.2. The van der Waals surface area contributed by atoms with E-state index in [0.717, 1.165) is 34.1 Å². The van der Waals surface area contributed by atoms with Gasteiger partial charge in [0.25, 0.3) is 0 Å². The number of aromatic nitrogens is 2. The second-order valence-corrected chi connectivity index (χ2v) is 7.70. The molecule has 3 N–H and O–H groups in total. The van der Waals surface area contributed by atoms with Crippen molar-refractivity contribution in [1.29, 1.82) is 0 Å². The van der Waals surface area contributed by atoms with Crippen LogP contribution in [0.15, 0.2) is 67.0 Å². The van der Waals surface area contributed by atoms with Crippen molar-refractivity contribution in [3.8, 4) is 5.75 Å². The fourth-order valence-corrected chi connectivity index (χ4v) is 4.28. The minimum atomic E-state index is -0.319. The summed E-state index contributed by atoms with van der Waals surface area (Å²) >= 11 is 0. The molecule has 1 atom stereocenters. The number of phenols is 1. The van der Waals surface area contributed by atoms with E-state index in [4.69, 9.17) is 0 Å². The summed E-state index contributed by atoms with van der Waals surface area (Å²) in [6.45, 7) is 0.767. The van der Waals surface area contributed by atoms with Gasteiger partial charge >= 0.3 is 0 Å². The minimum absolute atomic E-state index is 0.128. The first kappa shape index (κ1) is 19.3. The Hall–Kier alpha value is -3.71. The Morgan fingerprint density at radius 1 is 1.19 bits per heavy atom. The van der Waals surface area contributed by atoms with Gasteiger partial charge in [-0.25, -0.2) is 9.37 Å². The van der Waals surface area contributed by atoms with E-state index in [1.165, 1.54) is 12.1 Å². The van der Waals surface area contributed by atoms with Crippen molar-refractivity contribution in [3.05, 3.63) is 89.8 Å². The molecule has 0 saturated carbocycles. The van der Waals surface area contributed by atoms with Gasteiger partial charge in [0, 0.05) is 29.7 Å². The molecule has 1 amide bonds. The van der Waals surface area contributed by atoms with E-state index in [2.05, 4.69) is 15.3 Å². The number of carbonyl (C=O) groups is 1. The van der Waals surface area contributed by atoms with E-state index in [1.807, 2.05) is 35.2 Å². The lowest BCUT2D eigenvalue weighted by Crippen LogP contribution is -2.41. The molecule has 2 heterocycles. The van der Waals surface area contributed by atoms with Crippen molar-refractivity contribution >= 4 is 22.4 Å². The predicted octanol–water partition coefficient (Wildman–Crippen LogP) is 3.99. The average Bonchev–Trinajstić information content (AvgIpc) is 3.23. The Kier molecular flexibility index (Phi) is 4.88. The Morgan fingerprint density at radius 3 is 2.94 bits per heavy atom. The highest BCUT2D eigenvalue weighted by Gasteiger charge is 2.32. The largest absolute Gasteiger partial charge is 0.508 e. The number of imidazole rings is 1. The predicted molar refractivity (Wildman–Crippen MR) is 116 cm³/mol. The number of nitrogens with zero attached hydrogens (tertiary/aromatic N) is 2. The van der Waals surface area contributed by atoms with Gasteiger partial charge in [0.15, 0.2) is 0 Å². The van der Waals surface area contributed by atoms with Crippen LogP contribution in [0.3, 0.4) is 0 Å². The van der Waals surface area contributed by atoms with Crippen molar-refractivity contribution in [2.24, 2.45) is 0 Å². The van der Waals surface area contributed by atoms with Gasteiger partial charge in [-0.1, -0.05) is 30.3 Å². The summed E-state index contributed by atoms with van der Waals surface area (Å²) in [5.41, 5.74) is 3.23. The van der Waals surface area contributed by atoms with Crippen LogP contribution in [0, 0.1) is 5.82 Å². The maximum absolute atomic E-state index is 13.9. The molecule has 3 aromatic carbocycles. The Bertz CT molecular complexity index is 1270. The summed E-state index contributed by atoms with van der Waals surface area (Å²) in [6, 6.07) is 16.8. The number of aromatic hydroxyl groups is 1. The summed E-state index contributed by atoms with van der Waals surface area (Å²) < 4.78 is 13.9. The van der Waals surface area contributed by atoms with E-state index in [1.54, 1.807) is 24.5 Å². The van der Waals surface area contributed by atoms with Crippen molar-refractivity contribution in [2.75, 3.05) is 18.4 Å². The van der Waals surface area contributed by atoms with Crippen LogP contribution in [0.4, 0.5) is 10.1 Å². The Balaban J connectivity index is 1.42. The van der Waals surface area contributed by atoms with E-state index >= 15 is 0 Å². The molecule has 156 valence electrons. The summed E-state index contributed by atoms with van der Waals surface area (Å²) in [5, 5.41) is 14.5. The van der Waals surface area contributed by atoms with Crippen LogP contribution >= 0.6 is 0 Å². The van der Waals surface area contributed by atoms with Crippen LogP contribution < -0.4 is 5.32 Å². The number of hydrogen-bond acceptors (Lipinski definition) is 4. The van der Waals surface area contributed by atoms with Crippen molar-refractivity contribution < 1.29 is 14.3 Å². The molecule has 4 aromatic rings. The minimum Gasteiger partial charge on any atom is -0.508 e. The van der Waals surface area contributed by atoms with E-state index in [-0.39, 0.29) is 30.1 Å². The Labute approximate surface area is 178 Å². The molecule has 5 rings (SSSR count). The standard InChI is InChI=1S/C24H21FN4O2/c25-17-5-1-4-16(11-17)24-23-21(26-14-27-23)9-10-29(24)13-22(31)28-20-6-2-3-15-7-8-18(30)12-19(15)20/h1-8,11-12,14,24,30H,9-10,13H2,(H,26,27)(H,28,31). The highest BCUT2D eigenvalue weighted by molar-refractivity contribution is 6.03. The van der Waals surface area contributed by atoms with Crippen LogP contribution in [0.2, 0.25) is 0 Å². The maximum Gasteiger partial charge on any atom is 0.238 e. The lowest BCUT2D eigenvalue weighted by Gasteiger charge is -2.34. The summed E-state index contributed by atoms with van der Waals surface area (Å²) in [4.78, 5) is 22.6. The number of fused-ring (bicyclic) bond motifs is 2. The molecular formula is C24H21FN4O2. The molecule has 1 aromatic heterocycles. The highest BCUT2D eigenvalue weighted by atomic mass is 19.1. The molecule has 0 fully saturated rings. The van der Waals surface area contributed by atoms with Crippen LogP contribution in [0.5, 0.6) is 5.75 Å². The van der Waals surface area contributed by atoms with Crippen molar-refractivity contribution in [3.63, 3.8) is 0 Å². The Morgan fingerprint density at radius 2 is 2.06 bits per heavy atom. The van der Waals surface area contributed by atoms with Gasteiger partial charge in [-0.2, -0.15) is 0 Å². The molecule has 1 aliphatic heterocycles. The van der Waals surface area contributed by atoms with E-state index < -0.39 is 0 Å². The number of benzene rings is 3. The van der Waals surface area contributed by atoms with Crippen LogP contribution in [0.1, 0.15) is 23.0 Å². The third-order valence-corrected chi connectivity index (χ3v) is 5.68. The summed E-state index contributed by atoms with van der Waals surface area (Å²) in [6.07, 6.45) is 2.37. The number of H-pyrrole nitrogens is 1. The number of hydrogen-bond donors (Lipinski definition) is 3. The molecule has 0 radical (unpaired) electrons. The van der Waals surface area contributed by atoms with Gasteiger partial charge in [0.05, 0.1) is 24.6 Å². The fraction of sp³-hybridized carbons (Fsp3) is 0.167. The monoisotopic (exact) mass is 416 g/mol. The second-order valence-electron chi connectivity index (χ2n) is 7.70. The first-order chi connectivity index (χ1) is 15.1. The lowest BCUT2D eigenvalue weighted by molar-refractivity contribution is -0.117. The fourth-order valence-electron chi connectivity index (χ4n) is 4.28. The zero-order valence-electron chi connectivity index (χ0n) is 16.7. The molecule has 31 heavy (non-hydrogen) atoms. The van der Waals surface area contributed by atoms with Gasteiger partial charge in [0.1, 0.15) is 11.6 Å². The van der Waals surface area contributed by atoms with Gasteiger partial charge in [-0.05, 0) is 41.3 Å². The number of anilines is 1. The number of aromatic amines is 1. The molecule has 0 spiro atoms. The van der Waals surface area contributed by atoms with Gasteiger partial charge in [-0.15, -0.1) is 0 Å². The van der Waals surface area contributed by atoms with Gasteiger partial charge in [-0.3, -0.25) is 9.69 Å². The summed E-state index contributed by atoms with van der Waals surface area (Å²) in [5.74, 6) is -0.362.